The van der Waals surface area contributed by atoms with E-state index in [1.807, 2.05) is 70.4 Å². The molecule has 0 fully saturated rings. The molecule has 3 aromatic carbocycles. The third-order valence-electron chi connectivity index (χ3n) is 6.19. The highest BCUT2D eigenvalue weighted by Crippen LogP contribution is 2.35. The minimum absolute atomic E-state index is 0.0451. The fourth-order valence-electron chi connectivity index (χ4n) is 4.52. The SMILES string of the molecule is COc1ccc(-c2nn(Cc3ccccc3)cc2C(=O)N2CCCc3ccccc32)cc1OC. The minimum Gasteiger partial charge on any atom is -0.493 e. The molecule has 0 aliphatic carbocycles. The van der Waals surface area contributed by atoms with Gasteiger partial charge in [-0.3, -0.25) is 9.48 Å². The van der Waals surface area contributed by atoms with E-state index in [-0.39, 0.29) is 5.91 Å². The fraction of sp³-hybridized carbons (Fsp3) is 0.214. The molecule has 0 unspecified atom stereocenters. The lowest BCUT2D eigenvalue weighted by Crippen LogP contribution is -2.35. The number of aromatic nitrogens is 2. The van der Waals surface area contributed by atoms with Crippen molar-refractivity contribution >= 4 is 11.6 Å². The van der Waals surface area contributed by atoms with E-state index in [0.717, 1.165) is 29.7 Å². The van der Waals surface area contributed by atoms with E-state index in [0.29, 0.717) is 35.8 Å². The number of hydrogen-bond acceptors (Lipinski definition) is 4. The van der Waals surface area contributed by atoms with Gasteiger partial charge in [-0.2, -0.15) is 5.10 Å². The van der Waals surface area contributed by atoms with Gasteiger partial charge in [0.2, 0.25) is 0 Å². The van der Waals surface area contributed by atoms with Gasteiger partial charge in [0.25, 0.3) is 5.91 Å². The van der Waals surface area contributed by atoms with Gasteiger partial charge in [-0.15, -0.1) is 0 Å². The van der Waals surface area contributed by atoms with Gasteiger partial charge in [0.05, 0.1) is 26.3 Å². The molecule has 34 heavy (non-hydrogen) atoms. The summed E-state index contributed by atoms with van der Waals surface area (Å²) in [7, 11) is 3.21. The topological polar surface area (TPSA) is 56.6 Å². The predicted octanol–water partition coefficient (Wildman–Crippen LogP) is 5.21. The summed E-state index contributed by atoms with van der Waals surface area (Å²) in [5.41, 5.74) is 5.30. The normalized spacial score (nSPS) is 12.8. The maximum atomic E-state index is 13.9. The van der Waals surface area contributed by atoms with Gasteiger partial charge in [0.1, 0.15) is 5.69 Å². The first kappa shape index (κ1) is 21.8. The largest absolute Gasteiger partial charge is 0.493 e. The smallest absolute Gasteiger partial charge is 0.262 e. The lowest BCUT2D eigenvalue weighted by atomic mass is 10.00. The van der Waals surface area contributed by atoms with Crippen molar-refractivity contribution in [2.45, 2.75) is 19.4 Å². The van der Waals surface area contributed by atoms with E-state index in [9.17, 15) is 4.79 Å². The van der Waals surface area contributed by atoms with Gasteiger partial charge in [0, 0.05) is 24.0 Å². The van der Waals surface area contributed by atoms with Crippen molar-refractivity contribution in [3.05, 3.63) is 95.7 Å². The number of carbonyl (C=O) groups excluding carboxylic acids is 1. The van der Waals surface area contributed by atoms with E-state index < -0.39 is 0 Å². The molecular formula is C28H27N3O3. The van der Waals surface area contributed by atoms with E-state index in [2.05, 4.69) is 18.2 Å². The van der Waals surface area contributed by atoms with Gasteiger partial charge in [-0.05, 0) is 48.2 Å². The average Bonchev–Trinajstić information content (AvgIpc) is 3.31. The number of benzene rings is 3. The Morgan fingerprint density at radius 3 is 2.50 bits per heavy atom. The van der Waals surface area contributed by atoms with Crippen molar-refractivity contribution < 1.29 is 14.3 Å². The minimum atomic E-state index is -0.0451. The monoisotopic (exact) mass is 453 g/mol. The third-order valence-corrected chi connectivity index (χ3v) is 6.19. The Morgan fingerprint density at radius 2 is 1.71 bits per heavy atom. The number of hydrogen-bond donors (Lipinski definition) is 0. The molecule has 0 atom stereocenters. The molecule has 5 rings (SSSR count). The average molecular weight is 454 g/mol. The summed E-state index contributed by atoms with van der Waals surface area (Å²) in [6.45, 7) is 1.26. The lowest BCUT2D eigenvalue weighted by Gasteiger charge is -2.29. The Kier molecular flexibility index (Phi) is 6.04. The van der Waals surface area contributed by atoms with Crippen LogP contribution < -0.4 is 14.4 Å². The van der Waals surface area contributed by atoms with Gasteiger partial charge >= 0.3 is 0 Å². The highest BCUT2D eigenvalue weighted by Gasteiger charge is 2.28. The molecule has 6 nitrogen and oxygen atoms in total. The molecule has 0 spiro atoms. The first-order chi connectivity index (χ1) is 16.7. The van der Waals surface area contributed by atoms with Crippen LogP contribution in [0.4, 0.5) is 5.69 Å². The zero-order valence-electron chi connectivity index (χ0n) is 19.4. The second kappa shape index (κ2) is 9.43. The summed E-state index contributed by atoms with van der Waals surface area (Å²) in [6.07, 6.45) is 3.78. The maximum absolute atomic E-state index is 13.9. The number of rotatable bonds is 6. The van der Waals surface area contributed by atoms with Crippen molar-refractivity contribution in [3.8, 4) is 22.8 Å². The number of methoxy groups -OCH3 is 2. The molecule has 4 aromatic rings. The van der Waals surface area contributed by atoms with Crippen LogP contribution in [0.25, 0.3) is 11.3 Å². The lowest BCUT2D eigenvalue weighted by molar-refractivity contribution is 0.0985. The Balaban J connectivity index is 1.59. The standard InChI is InChI=1S/C28H27N3O3/c1-33-25-15-14-22(17-26(25)34-2)27-23(19-30(29-27)18-20-9-4-3-5-10-20)28(32)31-16-8-12-21-11-6-7-13-24(21)31/h3-7,9-11,13-15,17,19H,8,12,16,18H2,1-2H3. The molecule has 0 bridgehead atoms. The molecule has 1 aliphatic rings. The summed E-state index contributed by atoms with van der Waals surface area (Å²) in [5, 5.41) is 4.85. The fourth-order valence-corrected chi connectivity index (χ4v) is 4.52. The van der Waals surface area contributed by atoms with E-state index in [1.165, 1.54) is 5.56 Å². The summed E-state index contributed by atoms with van der Waals surface area (Å²) in [5.74, 6) is 1.18. The van der Waals surface area contributed by atoms with Crippen LogP contribution in [0, 0.1) is 0 Å². The van der Waals surface area contributed by atoms with Gasteiger partial charge in [0.15, 0.2) is 11.5 Å². The summed E-state index contributed by atoms with van der Waals surface area (Å²) < 4.78 is 12.7. The number of ether oxygens (including phenoxy) is 2. The molecule has 6 heteroatoms. The van der Waals surface area contributed by atoms with Crippen LogP contribution in [0.2, 0.25) is 0 Å². The van der Waals surface area contributed by atoms with Crippen LogP contribution in [0.15, 0.2) is 79.0 Å². The molecule has 172 valence electrons. The Labute approximate surface area is 199 Å². The predicted molar refractivity (Wildman–Crippen MR) is 133 cm³/mol. The third kappa shape index (κ3) is 4.15. The molecule has 0 saturated heterocycles. The second-order valence-electron chi connectivity index (χ2n) is 8.33. The maximum Gasteiger partial charge on any atom is 0.262 e. The second-order valence-corrected chi connectivity index (χ2v) is 8.33. The molecule has 0 N–H and O–H groups in total. The van der Waals surface area contributed by atoms with Crippen molar-refractivity contribution in [2.75, 3.05) is 25.7 Å². The number of para-hydroxylation sites is 1. The van der Waals surface area contributed by atoms with Crippen molar-refractivity contribution in [2.24, 2.45) is 0 Å². The molecule has 2 heterocycles. The summed E-state index contributed by atoms with van der Waals surface area (Å²) in [4.78, 5) is 15.8. The molecule has 1 aliphatic heterocycles. The van der Waals surface area contributed by atoms with Crippen LogP contribution >= 0.6 is 0 Å². The number of amides is 1. The highest BCUT2D eigenvalue weighted by molar-refractivity contribution is 6.10. The summed E-state index contributed by atoms with van der Waals surface area (Å²) in [6, 6.07) is 23.9. The number of carbonyl (C=O) groups is 1. The van der Waals surface area contributed by atoms with Crippen LogP contribution in [0.3, 0.4) is 0 Å². The van der Waals surface area contributed by atoms with Crippen LogP contribution in [-0.2, 0) is 13.0 Å². The van der Waals surface area contributed by atoms with E-state index >= 15 is 0 Å². The number of fused-ring (bicyclic) bond motifs is 1. The highest BCUT2D eigenvalue weighted by atomic mass is 16.5. The Morgan fingerprint density at radius 1 is 0.941 bits per heavy atom. The van der Waals surface area contributed by atoms with Gasteiger partial charge < -0.3 is 14.4 Å². The molecule has 1 aromatic heterocycles. The van der Waals surface area contributed by atoms with Gasteiger partial charge in [-0.25, -0.2) is 0 Å². The summed E-state index contributed by atoms with van der Waals surface area (Å²) >= 11 is 0. The zero-order chi connectivity index (χ0) is 23.5. The van der Waals surface area contributed by atoms with Crippen molar-refractivity contribution in [3.63, 3.8) is 0 Å². The van der Waals surface area contributed by atoms with E-state index in [4.69, 9.17) is 14.6 Å². The van der Waals surface area contributed by atoms with Crippen LogP contribution in [0.5, 0.6) is 11.5 Å². The Hall–Kier alpha value is -4.06. The van der Waals surface area contributed by atoms with E-state index in [1.54, 1.807) is 14.2 Å². The Bertz CT molecular complexity index is 1310. The van der Waals surface area contributed by atoms with Crippen molar-refractivity contribution in [1.29, 1.82) is 0 Å². The number of anilines is 1. The zero-order valence-corrected chi connectivity index (χ0v) is 19.4. The quantitative estimate of drug-likeness (QED) is 0.402. The first-order valence-electron chi connectivity index (χ1n) is 11.4. The van der Waals surface area contributed by atoms with Crippen LogP contribution in [0.1, 0.15) is 27.9 Å². The molecule has 0 saturated carbocycles. The molecular weight excluding hydrogens is 426 g/mol. The number of aryl methyl sites for hydroxylation is 1. The first-order valence-corrected chi connectivity index (χ1v) is 11.4. The van der Waals surface area contributed by atoms with Gasteiger partial charge in [-0.1, -0.05) is 48.5 Å². The molecule has 1 amide bonds. The molecule has 0 radical (unpaired) electrons. The van der Waals surface area contributed by atoms with Crippen molar-refractivity contribution in [1.82, 2.24) is 9.78 Å². The van der Waals surface area contributed by atoms with Crippen LogP contribution in [-0.4, -0.2) is 36.5 Å². The number of nitrogens with zero attached hydrogens (tertiary/aromatic N) is 3.